The molecule has 122 valence electrons. The van der Waals surface area contributed by atoms with Crippen LogP contribution in [0.1, 0.15) is 27.9 Å². The van der Waals surface area contributed by atoms with Gasteiger partial charge in [-0.1, -0.05) is 36.4 Å². The summed E-state index contributed by atoms with van der Waals surface area (Å²) in [4.78, 5) is 29.3. The molecule has 2 heterocycles. The van der Waals surface area contributed by atoms with E-state index in [0.717, 1.165) is 4.88 Å². The molecule has 0 saturated heterocycles. The normalized spacial score (nSPS) is 11.9. The van der Waals surface area contributed by atoms with Crippen LogP contribution in [0.15, 0.2) is 52.3 Å². The summed E-state index contributed by atoms with van der Waals surface area (Å²) in [5.41, 5.74) is 6.17. The van der Waals surface area contributed by atoms with Crippen molar-refractivity contribution in [2.45, 2.75) is 13.0 Å². The number of primary amides is 1. The number of nitrogens with one attached hydrogen (secondary N) is 1. The first-order chi connectivity index (χ1) is 11.6. The Morgan fingerprint density at radius 2 is 1.96 bits per heavy atom. The van der Waals surface area contributed by atoms with Gasteiger partial charge in [-0.3, -0.25) is 9.59 Å². The quantitative estimate of drug-likeness (QED) is 0.745. The monoisotopic (exact) mass is 341 g/mol. The van der Waals surface area contributed by atoms with Gasteiger partial charge in [-0.05, 0) is 23.9 Å². The van der Waals surface area contributed by atoms with Crippen molar-refractivity contribution in [3.8, 4) is 10.8 Å². The van der Waals surface area contributed by atoms with Crippen LogP contribution in [0.4, 0.5) is 0 Å². The van der Waals surface area contributed by atoms with E-state index in [4.69, 9.17) is 10.2 Å². The molecule has 3 N–H and O–H groups in total. The van der Waals surface area contributed by atoms with E-state index in [1.807, 2.05) is 23.6 Å². The van der Waals surface area contributed by atoms with Crippen molar-refractivity contribution in [1.29, 1.82) is 0 Å². The molecule has 3 rings (SSSR count). The third-order valence-corrected chi connectivity index (χ3v) is 4.29. The van der Waals surface area contributed by atoms with Crippen molar-refractivity contribution >= 4 is 23.2 Å². The molecule has 0 bridgehead atoms. The van der Waals surface area contributed by atoms with Gasteiger partial charge in [0.25, 0.3) is 5.91 Å². The van der Waals surface area contributed by atoms with Gasteiger partial charge in [0.1, 0.15) is 11.8 Å². The molecule has 0 aliphatic rings. The Morgan fingerprint density at radius 3 is 2.58 bits per heavy atom. The fourth-order valence-corrected chi connectivity index (χ4v) is 2.93. The van der Waals surface area contributed by atoms with Gasteiger partial charge in [-0.25, -0.2) is 4.98 Å². The number of rotatable bonds is 5. The first-order valence-electron chi connectivity index (χ1n) is 7.22. The fraction of sp³-hybridized carbons (Fsp3) is 0.118. The minimum atomic E-state index is -0.931. The molecule has 6 nitrogen and oxygen atoms in total. The summed E-state index contributed by atoms with van der Waals surface area (Å²) in [5.74, 6) is -0.393. The highest BCUT2D eigenvalue weighted by atomic mass is 32.1. The molecule has 2 aromatic heterocycles. The predicted octanol–water partition coefficient (Wildman–Crippen LogP) is 2.67. The zero-order chi connectivity index (χ0) is 17.1. The average Bonchev–Trinajstić information content (AvgIpc) is 3.22. The Morgan fingerprint density at radius 1 is 1.21 bits per heavy atom. The van der Waals surface area contributed by atoms with Gasteiger partial charge in [-0.15, -0.1) is 11.3 Å². The maximum atomic E-state index is 12.5. The summed E-state index contributed by atoms with van der Waals surface area (Å²) >= 11 is 1.46. The Hall–Kier alpha value is -2.93. The van der Waals surface area contributed by atoms with E-state index in [1.54, 1.807) is 31.2 Å². The molecule has 0 fully saturated rings. The second-order valence-electron chi connectivity index (χ2n) is 5.12. The maximum Gasteiger partial charge on any atom is 0.274 e. The van der Waals surface area contributed by atoms with E-state index in [2.05, 4.69) is 10.3 Å². The lowest BCUT2D eigenvalue weighted by atomic mass is 10.1. The van der Waals surface area contributed by atoms with E-state index < -0.39 is 17.9 Å². The average molecular weight is 341 g/mol. The molecule has 0 radical (unpaired) electrons. The van der Waals surface area contributed by atoms with Crippen molar-refractivity contribution < 1.29 is 14.0 Å². The first kappa shape index (κ1) is 15.9. The molecule has 0 aliphatic heterocycles. The van der Waals surface area contributed by atoms with E-state index in [9.17, 15) is 9.59 Å². The third-order valence-electron chi connectivity index (χ3n) is 3.44. The lowest BCUT2D eigenvalue weighted by Gasteiger charge is -2.15. The number of hydrogen-bond acceptors (Lipinski definition) is 5. The van der Waals surface area contributed by atoms with Crippen LogP contribution in [0.2, 0.25) is 0 Å². The lowest BCUT2D eigenvalue weighted by Crippen LogP contribution is -2.37. The Bertz CT molecular complexity index is 857. The number of amides is 2. The molecule has 1 aromatic carbocycles. The molecule has 1 atom stereocenters. The summed E-state index contributed by atoms with van der Waals surface area (Å²) < 4.78 is 5.55. The van der Waals surface area contributed by atoms with Gasteiger partial charge >= 0.3 is 0 Å². The number of benzene rings is 1. The lowest BCUT2D eigenvalue weighted by molar-refractivity contribution is -0.120. The number of aryl methyl sites for hydroxylation is 1. The van der Waals surface area contributed by atoms with Crippen LogP contribution in [0, 0.1) is 6.92 Å². The van der Waals surface area contributed by atoms with E-state index in [1.165, 1.54) is 11.3 Å². The highest BCUT2D eigenvalue weighted by Crippen LogP contribution is 2.26. The zero-order valence-electron chi connectivity index (χ0n) is 12.9. The second-order valence-corrected chi connectivity index (χ2v) is 6.07. The number of carbonyl (C=O) groups excluding carboxylic acids is 2. The minimum absolute atomic E-state index is 0.139. The van der Waals surface area contributed by atoms with Crippen LogP contribution in [-0.2, 0) is 4.79 Å². The largest absolute Gasteiger partial charge is 0.440 e. The van der Waals surface area contributed by atoms with E-state index in [-0.39, 0.29) is 5.69 Å². The Balaban J connectivity index is 1.85. The van der Waals surface area contributed by atoms with Crippen molar-refractivity contribution in [2.24, 2.45) is 5.73 Å². The molecule has 2 amide bonds. The number of hydrogen-bond donors (Lipinski definition) is 2. The SMILES string of the molecule is Cc1oc(-c2cccs2)nc1C(=O)N[C@@H](C(N)=O)c1ccccc1. The molecule has 0 saturated carbocycles. The zero-order valence-corrected chi connectivity index (χ0v) is 13.7. The smallest absolute Gasteiger partial charge is 0.274 e. The van der Waals surface area contributed by atoms with Gasteiger partial charge in [0.2, 0.25) is 11.8 Å². The second kappa shape index (κ2) is 6.67. The van der Waals surface area contributed by atoms with Crippen LogP contribution >= 0.6 is 11.3 Å². The van der Waals surface area contributed by atoms with Gasteiger partial charge in [0, 0.05) is 0 Å². The number of nitrogens with two attached hydrogens (primary N) is 1. The van der Waals surface area contributed by atoms with Crippen LogP contribution in [0.3, 0.4) is 0 Å². The third kappa shape index (κ3) is 3.21. The van der Waals surface area contributed by atoms with Crippen molar-refractivity contribution in [1.82, 2.24) is 10.3 Å². The summed E-state index contributed by atoms with van der Waals surface area (Å²) in [6.45, 7) is 1.65. The molecule has 0 spiro atoms. The molecule has 0 aliphatic carbocycles. The molecule has 0 unspecified atom stereocenters. The Labute approximate surface area is 142 Å². The number of nitrogens with zero attached hydrogens (tertiary/aromatic N) is 1. The maximum absolute atomic E-state index is 12.5. The summed E-state index contributed by atoms with van der Waals surface area (Å²) in [7, 11) is 0. The predicted molar refractivity (Wildman–Crippen MR) is 90.4 cm³/mol. The number of carbonyl (C=O) groups is 2. The van der Waals surface area contributed by atoms with Gasteiger partial charge in [0.15, 0.2) is 5.69 Å². The highest BCUT2D eigenvalue weighted by Gasteiger charge is 2.24. The molecular formula is C17H15N3O3S. The molecule has 3 aromatic rings. The summed E-state index contributed by atoms with van der Waals surface area (Å²) in [6.07, 6.45) is 0. The topological polar surface area (TPSA) is 98.2 Å². The standard InChI is InChI=1S/C17H15N3O3S/c1-10-13(20-17(23-10)12-8-5-9-24-12)16(22)19-14(15(18)21)11-6-3-2-4-7-11/h2-9,14H,1H3,(H2,18,21)(H,19,22)/t14-/m1/s1. The summed E-state index contributed by atoms with van der Waals surface area (Å²) in [5, 5.41) is 4.51. The van der Waals surface area contributed by atoms with Crippen molar-refractivity contribution in [3.05, 3.63) is 64.9 Å². The van der Waals surface area contributed by atoms with Gasteiger partial charge in [-0.2, -0.15) is 0 Å². The highest BCUT2D eigenvalue weighted by molar-refractivity contribution is 7.13. The minimum Gasteiger partial charge on any atom is -0.440 e. The van der Waals surface area contributed by atoms with Crippen molar-refractivity contribution in [2.75, 3.05) is 0 Å². The van der Waals surface area contributed by atoms with Crippen LogP contribution in [-0.4, -0.2) is 16.8 Å². The van der Waals surface area contributed by atoms with Gasteiger partial charge < -0.3 is 15.5 Å². The number of aromatic nitrogens is 1. The van der Waals surface area contributed by atoms with Gasteiger partial charge in [0.05, 0.1) is 4.88 Å². The van der Waals surface area contributed by atoms with Crippen LogP contribution in [0.5, 0.6) is 0 Å². The molecular weight excluding hydrogens is 326 g/mol. The molecule has 24 heavy (non-hydrogen) atoms. The van der Waals surface area contributed by atoms with E-state index in [0.29, 0.717) is 17.2 Å². The number of thiophene rings is 1. The fourth-order valence-electron chi connectivity index (χ4n) is 2.28. The molecule has 7 heteroatoms. The summed E-state index contributed by atoms with van der Waals surface area (Å²) in [6, 6.07) is 11.6. The number of oxazole rings is 1. The van der Waals surface area contributed by atoms with Crippen molar-refractivity contribution in [3.63, 3.8) is 0 Å². The Kier molecular flexibility index (Phi) is 4.43. The van der Waals surface area contributed by atoms with Crippen LogP contribution in [0.25, 0.3) is 10.8 Å². The van der Waals surface area contributed by atoms with Crippen LogP contribution < -0.4 is 11.1 Å². The first-order valence-corrected chi connectivity index (χ1v) is 8.10. The van der Waals surface area contributed by atoms with E-state index >= 15 is 0 Å².